The highest BCUT2D eigenvalue weighted by Crippen LogP contribution is 2.31. The first-order valence-corrected chi connectivity index (χ1v) is 8.80. The summed E-state index contributed by atoms with van der Waals surface area (Å²) >= 11 is 1.30. The highest BCUT2D eigenvalue weighted by molar-refractivity contribution is 8.00. The lowest BCUT2D eigenvalue weighted by Gasteiger charge is -2.11. The molecule has 0 saturated heterocycles. The summed E-state index contributed by atoms with van der Waals surface area (Å²) in [5, 5.41) is 0. The molecule has 0 heterocycles. The molecule has 5 nitrogen and oxygen atoms in total. The Balaban J connectivity index is 1.71. The quantitative estimate of drug-likeness (QED) is 0.579. The number of carbonyl (C=O) groups is 2. The van der Waals surface area contributed by atoms with Crippen LogP contribution >= 0.6 is 11.8 Å². The van der Waals surface area contributed by atoms with Crippen molar-refractivity contribution >= 4 is 23.6 Å². The second-order valence-electron chi connectivity index (χ2n) is 5.51. The van der Waals surface area contributed by atoms with Crippen molar-refractivity contribution in [3.63, 3.8) is 0 Å². The van der Waals surface area contributed by atoms with Crippen LogP contribution in [0.4, 0.5) is 13.2 Å². The van der Waals surface area contributed by atoms with Crippen LogP contribution in [0.5, 0.6) is 5.75 Å². The summed E-state index contributed by atoms with van der Waals surface area (Å²) in [6.07, 6.45) is -4.50. The lowest BCUT2D eigenvalue weighted by molar-refractivity contribution is -0.137. The number of amides is 2. The molecule has 0 atom stereocenters. The molecule has 9 heteroatoms. The monoisotopic (exact) mass is 398 g/mol. The molecule has 0 spiro atoms. The van der Waals surface area contributed by atoms with Gasteiger partial charge >= 0.3 is 6.18 Å². The van der Waals surface area contributed by atoms with Crippen molar-refractivity contribution in [2.45, 2.75) is 18.0 Å². The van der Waals surface area contributed by atoms with Crippen molar-refractivity contribution in [1.82, 2.24) is 10.9 Å². The summed E-state index contributed by atoms with van der Waals surface area (Å²) in [6.45, 7) is 1.42. The largest absolute Gasteiger partial charge is 0.484 e. The molecule has 0 aliphatic rings. The van der Waals surface area contributed by atoms with Gasteiger partial charge in [-0.2, -0.15) is 13.2 Å². The number of hydrazine groups is 1. The van der Waals surface area contributed by atoms with E-state index in [1.165, 1.54) is 23.9 Å². The van der Waals surface area contributed by atoms with Crippen molar-refractivity contribution in [1.29, 1.82) is 0 Å². The van der Waals surface area contributed by atoms with Gasteiger partial charge in [-0.1, -0.05) is 23.8 Å². The van der Waals surface area contributed by atoms with Gasteiger partial charge in [-0.15, -0.1) is 11.8 Å². The predicted molar refractivity (Wildman–Crippen MR) is 95.1 cm³/mol. The molecule has 2 aromatic carbocycles. The zero-order chi connectivity index (χ0) is 19.9. The van der Waals surface area contributed by atoms with Gasteiger partial charge in [0, 0.05) is 4.90 Å². The molecule has 0 aliphatic carbocycles. The van der Waals surface area contributed by atoms with Gasteiger partial charge in [-0.05, 0) is 37.3 Å². The Hall–Kier alpha value is -2.68. The van der Waals surface area contributed by atoms with Crippen molar-refractivity contribution in [2.75, 3.05) is 12.4 Å². The normalized spacial score (nSPS) is 11.0. The number of benzene rings is 2. The van der Waals surface area contributed by atoms with Crippen LogP contribution in [-0.2, 0) is 15.8 Å². The lowest BCUT2D eigenvalue weighted by atomic mass is 10.2. The molecule has 2 rings (SSSR count). The Morgan fingerprint density at radius 1 is 1.04 bits per heavy atom. The number of hydrogen-bond donors (Lipinski definition) is 2. The fourth-order valence-corrected chi connectivity index (χ4v) is 2.60. The highest BCUT2D eigenvalue weighted by Gasteiger charge is 2.30. The second-order valence-corrected chi connectivity index (χ2v) is 6.56. The van der Waals surface area contributed by atoms with Gasteiger partial charge < -0.3 is 4.74 Å². The van der Waals surface area contributed by atoms with E-state index in [-0.39, 0.29) is 11.5 Å². The third-order valence-corrected chi connectivity index (χ3v) is 4.28. The molecule has 0 fully saturated rings. The molecular weight excluding hydrogens is 381 g/mol. The number of carbonyl (C=O) groups excluding carboxylic acids is 2. The number of ether oxygens (including phenoxy) is 1. The van der Waals surface area contributed by atoms with E-state index in [0.717, 1.165) is 22.6 Å². The van der Waals surface area contributed by atoms with Gasteiger partial charge in [0.15, 0.2) is 6.61 Å². The predicted octanol–water partition coefficient (Wildman–Crippen LogP) is 3.33. The van der Waals surface area contributed by atoms with E-state index in [4.69, 9.17) is 4.74 Å². The van der Waals surface area contributed by atoms with Crippen LogP contribution in [0.1, 0.15) is 11.1 Å². The van der Waals surface area contributed by atoms with Gasteiger partial charge in [-0.25, -0.2) is 0 Å². The first-order valence-electron chi connectivity index (χ1n) is 7.81. The zero-order valence-corrected chi connectivity index (χ0v) is 15.1. The number of halogens is 3. The van der Waals surface area contributed by atoms with E-state index in [1.807, 2.05) is 31.2 Å². The van der Waals surface area contributed by atoms with Crippen molar-refractivity contribution < 1.29 is 27.5 Å². The summed E-state index contributed by atoms with van der Waals surface area (Å²) < 4.78 is 42.8. The SMILES string of the molecule is Cc1ccc(SCC(=O)NNC(=O)COc2cccc(C(F)(F)F)c2)cc1. The summed E-state index contributed by atoms with van der Waals surface area (Å²) in [6, 6.07) is 11.8. The molecule has 0 aliphatic heterocycles. The standard InChI is InChI=1S/C18H17F3N2O3S/c1-12-5-7-15(8-6-12)27-11-17(25)23-22-16(24)10-26-14-4-2-3-13(9-14)18(19,20)21/h2-9H,10-11H2,1H3,(H,22,24)(H,23,25). The Kier molecular flexibility index (Phi) is 7.12. The molecule has 27 heavy (non-hydrogen) atoms. The number of hydrogen-bond acceptors (Lipinski definition) is 4. The Morgan fingerprint density at radius 3 is 2.37 bits per heavy atom. The minimum absolute atomic E-state index is 0.0951. The number of alkyl halides is 3. The lowest BCUT2D eigenvalue weighted by Crippen LogP contribution is -2.44. The summed E-state index contributed by atoms with van der Waals surface area (Å²) in [5.41, 5.74) is 4.60. The first-order chi connectivity index (χ1) is 12.7. The smallest absolute Gasteiger partial charge is 0.416 e. The third kappa shape index (κ3) is 7.22. The van der Waals surface area contributed by atoms with Crippen LogP contribution in [0.15, 0.2) is 53.4 Å². The average molecular weight is 398 g/mol. The zero-order valence-electron chi connectivity index (χ0n) is 14.3. The maximum absolute atomic E-state index is 12.6. The van der Waals surface area contributed by atoms with Crippen LogP contribution in [0.2, 0.25) is 0 Å². The van der Waals surface area contributed by atoms with Gasteiger partial charge in [0.25, 0.3) is 5.91 Å². The van der Waals surface area contributed by atoms with Crippen LogP contribution in [0.25, 0.3) is 0 Å². The van der Waals surface area contributed by atoms with E-state index >= 15 is 0 Å². The average Bonchev–Trinajstić information content (AvgIpc) is 2.64. The summed E-state index contributed by atoms with van der Waals surface area (Å²) in [5.74, 6) is -1.12. The van der Waals surface area contributed by atoms with Crippen molar-refractivity contribution in [2.24, 2.45) is 0 Å². The summed E-state index contributed by atoms with van der Waals surface area (Å²) in [4.78, 5) is 24.3. The van der Waals surface area contributed by atoms with Gasteiger partial charge in [-0.3, -0.25) is 20.4 Å². The fourth-order valence-electron chi connectivity index (χ4n) is 1.91. The molecule has 0 bridgehead atoms. The van der Waals surface area contributed by atoms with E-state index in [9.17, 15) is 22.8 Å². The topological polar surface area (TPSA) is 67.4 Å². The molecule has 0 radical (unpaired) electrons. The van der Waals surface area contributed by atoms with Gasteiger partial charge in [0.1, 0.15) is 5.75 Å². The number of nitrogens with one attached hydrogen (secondary N) is 2. The van der Waals surface area contributed by atoms with Crippen LogP contribution in [0.3, 0.4) is 0 Å². The van der Waals surface area contributed by atoms with E-state index in [1.54, 1.807) is 0 Å². The second kappa shape index (κ2) is 9.31. The summed E-state index contributed by atoms with van der Waals surface area (Å²) in [7, 11) is 0. The van der Waals surface area contributed by atoms with E-state index < -0.39 is 30.2 Å². The Morgan fingerprint density at radius 2 is 1.70 bits per heavy atom. The highest BCUT2D eigenvalue weighted by atomic mass is 32.2. The third-order valence-electron chi connectivity index (χ3n) is 3.26. The minimum atomic E-state index is -4.50. The molecule has 2 amide bonds. The molecule has 144 valence electrons. The van der Waals surface area contributed by atoms with E-state index in [0.29, 0.717) is 0 Å². The number of aryl methyl sites for hydroxylation is 1. The van der Waals surface area contributed by atoms with Crippen LogP contribution in [-0.4, -0.2) is 24.2 Å². The van der Waals surface area contributed by atoms with Crippen LogP contribution < -0.4 is 15.6 Å². The number of rotatable bonds is 6. The van der Waals surface area contributed by atoms with Crippen molar-refractivity contribution in [3.05, 3.63) is 59.7 Å². The molecule has 0 saturated carbocycles. The molecular formula is C18H17F3N2O3S. The Labute approximate surface area is 158 Å². The Bertz CT molecular complexity index is 795. The molecule has 2 aromatic rings. The van der Waals surface area contributed by atoms with Crippen molar-refractivity contribution in [3.8, 4) is 5.75 Å². The first kappa shape index (κ1) is 20.6. The molecule has 0 aromatic heterocycles. The van der Waals surface area contributed by atoms with Crippen LogP contribution in [0, 0.1) is 6.92 Å². The molecule has 2 N–H and O–H groups in total. The van der Waals surface area contributed by atoms with Gasteiger partial charge in [0.2, 0.25) is 5.91 Å². The van der Waals surface area contributed by atoms with E-state index in [2.05, 4.69) is 10.9 Å². The molecule has 0 unspecified atom stereocenters. The van der Waals surface area contributed by atoms with Gasteiger partial charge in [0.05, 0.1) is 11.3 Å². The number of thioether (sulfide) groups is 1. The fraction of sp³-hybridized carbons (Fsp3) is 0.222. The maximum Gasteiger partial charge on any atom is 0.416 e. The maximum atomic E-state index is 12.6. The minimum Gasteiger partial charge on any atom is -0.484 e.